The predicted octanol–water partition coefficient (Wildman–Crippen LogP) is 4.82. The van der Waals surface area contributed by atoms with Crippen LogP contribution in [0.4, 0.5) is 13.2 Å². The fourth-order valence-electron chi connectivity index (χ4n) is 3.06. The molecule has 0 aliphatic carbocycles. The Hall–Kier alpha value is -2.96. The summed E-state index contributed by atoms with van der Waals surface area (Å²) in [4.78, 5) is 4.48. The molecule has 0 bridgehead atoms. The van der Waals surface area contributed by atoms with Crippen molar-refractivity contribution >= 4 is 0 Å². The first-order valence-corrected chi connectivity index (χ1v) is 8.06. The maximum Gasteiger partial charge on any atom is 0.573 e. The van der Waals surface area contributed by atoms with Gasteiger partial charge < -0.3 is 14.0 Å². The molecule has 2 aromatic carbocycles. The Balaban J connectivity index is 1.71. The molecule has 0 fully saturated rings. The number of fused-ring (bicyclic) bond motifs is 3. The zero-order valence-corrected chi connectivity index (χ0v) is 13.9. The van der Waals surface area contributed by atoms with Crippen LogP contribution < -0.4 is 9.47 Å². The average Bonchev–Trinajstić information content (AvgIpc) is 2.85. The summed E-state index contributed by atoms with van der Waals surface area (Å²) in [5, 5.41) is 0. The second kappa shape index (κ2) is 6.09. The summed E-state index contributed by atoms with van der Waals surface area (Å²) in [6, 6.07) is 11.5. The minimum Gasteiger partial charge on any atom is -0.491 e. The van der Waals surface area contributed by atoms with Crippen LogP contribution in [-0.2, 0) is 6.54 Å². The van der Waals surface area contributed by atoms with Gasteiger partial charge in [0.05, 0.1) is 12.1 Å². The van der Waals surface area contributed by atoms with Gasteiger partial charge in [0.25, 0.3) is 0 Å². The van der Waals surface area contributed by atoms with E-state index in [1.165, 1.54) is 12.1 Å². The van der Waals surface area contributed by atoms with Gasteiger partial charge in [-0.1, -0.05) is 18.2 Å². The van der Waals surface area contributed by atoms with Crippen molar-refractivity contribution in [1.29, 1.82) is 0 Å². The highest BCUT2D eigenvalue weighted by Crippen LogP contribution is 2.36. The van der Waals surface area contributed by atoms with Crippen LogP contribution >= 0.6 is 0 Å². The quantitative estimate of drug-likeness (QED) is 0.658. The number of rotatable bonds is 2. The van der Waals surface area contributed by atoms with E-state index in [-0.39, 0.29) is 5.75 Å². The van der Waals surface area contributed by atoms with Gasteiger partial charge in [-0.3, -0.25) is 0 Å². The van der Waals surface area contributed by atoms with Gasteiger partial charge in [0, 0.05) is 11.9 Å². The molecule has 0 atom stereocenters. The molecule has 3 aromatic rings. The smallest absolute Gasteiger partial charge is 0.491 e. The van der Waals surface area contributed by atoms with Gasteiger partial charge in [0.1, 0.15) is 23.9 Å². The summed E-state index contributed by atoms with van der Waals surface area (Å²) >= 11 is 0. The summed E-state index contributed by atoms with van der Waals surface area (Å²) in [5.74, 6) is 1.33. The number of benzene rings is 2. The van der Waals surface area contributed by atoms with Crippen LogP contribution in [0.3, 0.4) is 0 Å². The van der Waals surface area contributed by atoms with E-state index < -0.39 is 6.36 Å². The number of imidazole rings is 1. The molecule has 134 valence electrons. The van der Waals surface area contributed by atoms with Crippen LogP contribution in [-0.4, -0.2) is 22.5 Å². The van der Waals surface area contributed by atoms with E-state index in [1.807, 2.05) is 31.3 Å². The minimum atomic E-state index is -4.70. The lowest BCUT2D eigenvalue weighted by atomic mass is 10.0. The van der Waals surface area contributed by atoms with Crippen molar-refractivity contribution in [1.82, 2.24) is 9.55 Å². The number of halogens is 3. The Kier molecular flexibility index (Phi) is 3.86. The van der Waals surface area contributed by atoms with Gasteiger partial charge in [-0.2, -0.15) is 0 Å². The van der Waals surface area contributed by atoms with Crippen LogP contribution in [0.5, 0.6) is 11.5 Å². The number of aryl methyl sites for hydroxylation is 1. The SMILES string of the molecule is Cc1cnc2n1CCOc1ccc(-c3ccc(OC(F)(F)F)cc3)cc1-2. The van der Waals surface area contributed by atoms with Crippen LogP contribution in [0.1, 0.15) is 5.69 Å². The number of aromatic nitrogens is 2. The molecule has 1 aromatic heterocycles. The van der Waals surface area contributed by atoms with Crippen molar-refractivity contribution in [3.63, 3.8) is 0 Å². The van der Waals surface area contributed by atoms with E-state index in [0.717, 1.165) is 34.0 Å². The maximum atomic E-state index is 12.3. The molecule has 0 saturated heterocycles. The third-order valence-electron chi connectivity index (χ3n) is 4.27. The second-order valence-corrected chi connectivity index (χ2v) is 6.01. The molecule has 4 nitrogen and oxygen atoms in total. The molecular weight excluding hydrogens is 345 g/mol. The first-order chi connectivity index (χ1) is 12.4. The Labute approximate surface area is 147 Å². The van der Waals surface area contributed by atoms with Gasteiger partial charge in [-0.25, -0.2) is 4.98 Å². The van der Waals surface area contributed by atoms with E-state index in [4.69, 9.17) is 4.74 Å². The highest BCUT2D eigenvalue weighted by atomic mass is 19.4. The highest BCUT2D eigenvalue weighted by Gasteiger charge is 2.31. The Morgan fingerprint density at radius 1 is 1.08 bits per heavy atom. The Morgan fingerprint density at radius 3 is 2.54 bits per heavy atom. The van der Waals surface area contributed by atoms with E-state index in [9.17, 15) is 13.2 Å². The van der Waals surface area contributed by atoms with Crippen molar-refractivity contribution in [3.8, 4) is 34.0 Å². The van der Waals surface area contributed by atoms with Crippen molar-refractivity contribution < 1.29 is 22.6 Å². The zero-order chi connectivity index (χ0) is 18.3. The Bertz CT molecular complexity index is 946. The largest absolute Gasteiger partial charge is 0.573 e. The predicted molar refractivity (Wildman–Crippen MR) is 90.0 cm³/mol. The molecule has 0 amide bonds. The number of alkyl halides is 3. The number of hydrogen-bond acceptors (Lipinski definition) is 3. The van der Waals surface area contributed by atoms with Gasteiger partial charge >= 0.3 is 6.36 Å². The topological polar surface area (TPSA) is 36.3 Å². The van der Waals surface area contributed by atoms with E-state index >= 15 is 0 Å². The summed E-state index contributed by atoms with van der Waals surface area (Å²) in [5.41, 5.74) is 3.56. The zero-order valence-electron chi connectivity index (χ0n) is 13.9. The molecule has 0 saturated carbocycles. The summed E-state index contributed by atoms with van der Waals surface area (Å²) < 4.78 is 48.7. The first kappa shape index (κ1) is 16.5. The average molecular weight is 360 g/mol. The van der Waals surface area contributed by atoms with E-state index in [1.54, 1.807) is 12.1 Å². The van der Waals surface area contributed by atoms with Crippen molar-refractivity contribution in [3.05, 3.63) is 54.4 Å². The monoisotopic (exact) mass is 360 g/mol. The fourth-order valence-corrected chi connectivity index (χ4v) is 3.06. The van der Waals surface area contributed by atoms with Crippen molar-refractivity contribution in [2.24, 2.45) is 0 Å². The first-order valence-electron chi connectivity index (χ1n) is 8.06. The minimum absolute atomic E-state index is 0.245. The van der Waals surface area contributed by atoms with Crippen LogP contribution in [0.25, 0.3) is 22.5 Å². The third kappa shape index (κ3) is 3.12. The van der Waals surface area contributed by atoms with Gasteiger partial charge in [-0.05, 0) is 42.3 Å². The standard InChI is InChI=1S/C19H15F3N2O2/c1-12-11-23-18-16-10-14(4-7-17(16)25-9-8-24(12)18)13-2-5-15(6-3-13)26-19(20,21)22/h2-7,10-11H,8-9H2,1H3. The second-order valence-electron chi connectivity index (χ2n) is 6.01. The molecule has 26 heavy (non-hydrogen) atoms. The summed E-state index contributed by atoms with van der Waals surface area (Å²) in [6.45, 7) is 3.26. The van der Waals surface area contributed by atoms with Gasteiger partial charge in [-0.15, -0.1) is 13.2 Å². The lowest BCUT2D eigenvalue weighted by Crippen LogP contribution is -2.16. The summed E-state index contributed by atoms with van der Waals surface area (Å²) in [6.07, 6.45) is -2.88. The molecule has 0 spiro atoms. The fraction of sp³-hybridized carbons (Fsp3) is 0.211. The molecule has 1 aliphatic heterocycles. The normalized spacial score (nSPS) is 13.4. The third-order valence-corrected chi connectivity index (χ3v) is 4.27. The Morgan fingerprint density at radius 2 is 1.81 bits per heavy atom. The molecule has 2 heterocycles. The maximum absolute atomic E-state index is 12.3. The van der Waals surface area contributed by atoms with Crippen LogP contribution in [0.15, 0.2) is 48.7 Å². The van der Waals surface area contributed by atoms with Gasteiger partial charge in [0.15, 0.2) is 0 Å². The molecule has 7 heteroatoms. The van der Waals surface area contributed by atoms with Crippen LogP contribution in [0.2, 0.25) is 0 Å². The number of ether oxygens (including phenoxy) is 2. The highest BCUT2D eigenvalue weighted by molar-refractivity contribution is 5.75. The molecule has 0 radical (unpaired) electrons. The van der Waals surface area contributed by atoms with E-state index in [0.29, 0.717) is 13.2 Å². The van der Waals surface area contributed by atoms with E-state index in [2.05, 4.69) is 14.3 Å². The van der Waals surface area contributed by atoms with Crippen molar-refractivity contribution in [2.75, 3.05) is 6.61 Å². The van der Waals surface area contributed by atoms with Crippen molar-refractivity contribution in [2.45, 2.75) is 19.8 Å². The van der Waals surface area contributed by atoms with Gasteiger partial charge in [0.2, 0.25) is 0 Å². The number of nitrogens with zero attached hydrogens (tertiary/aromatic N) is 2. The molecule has 0 unspecified atom stereocenters. The van der Waals surface area contributed by atoms with Crippen LogP contribution in [0, 0.1) is 6.92 Å². The lowest BCUT2D eigenvalue weighted by molar-refractivity contribution is -0.274. The number of hydrogen-bond donors (Lipinski definition) is 0. The summed E-state index contributed by atoms with van der Waals surface area (Å²) in [7, 11) is 0. The lowest BCUT2D eigenvalue weighted by Gasteiger charge is -2.11. The molecule has 0 N–H and O–H groups in total. The molecule has 4 rings (SSSR count). The molecule has 1 aliphatic rings. The molecular formula is C19H15F3N2O2.